The van der Waals surface area contributed by atoms with Crippen LogP contribution in [0.3, 0.4) is 0 Å². The Balaban J connectivity index is 0.974. The molecule has 1 fully saturated rings. The summed E-state index contributed by atoms with van der Waals surface area (Å²) in [5, 5.41) is 1.37. The summed E-state index contributed by atoms with van der Waals surface area (Å²) < 4.78 is 60.3. The first kappa shape index (κ1) is 33.0. The number of hydrogen-bond acceptors (Lipinski definition) is 7. The van der Waals surface area contributed by atoms with Crippen molar-refractivity contribution >= 4 is 110 Å². The van der Waals surface area contributed by atoms with Gasteiger partial charge in [0.25, 0.3) is 0 Å². The molecule has 0 atom stereocenters. The number of rotatable bonds is 2. The predicted molar refractivity (Wildman–Crippen MR) is 209 cm³/mol. The molecule has 4 aliphatic rings. The van der Waals surface area contributed by atoms with Gasteiger partial charge in [-0.25, -0.2) is 17.6 Å². The van der Waals surface area contributed by atoms with Crippen LogP contribution in [0, 0.1) is 23.3 Å². The molecule has 0 radical (unpaired) electrons. The number of allylic oxidation sites excluding steroid dienone is 4. The first-order valence-corrected chi connectivity index (χ1v) is 20.1. The van der Waals surface area contributed by atoms with Gasteiger partial charge in [-0.15, -0.1) is 34.0 Å². The Morgan fingerprint density at radius 2 is 0.982 bits per heavy atom. The first-order chi connectivity index (χ1) is 26.5. The monoisotopic (exact) mass is 786 g/mol. The molecule has 4 aromatic carbocycles. The normalized spacial score (nSPS) is 17.4. The van der Waals surface area contributed by atoms with E-state index >= 15 is 0 Å². The van der Waals surface area contributed by atoms with Crippen molar-refractivity contribution in [2.75, 3.05) is 0 Å². The molecule has 268 valence electrons. The van der Waals surface area contributed by atoms with Crippen molar-refractivity contribution in [2.24, 2.45) is 0 Å². The summed E-state index contributed by atoms with van der Waals surface area (Å²) in [5.74, 6) is -5.84. The van der Waals surface area contributed by atoms with Crippen LogP contribution in [0.4, 0.5) is 17.6 Å². The van der Waals surface area contributed by atoms with Gasteiger partial charge in [-0.1, -0.05) is 19.3 Å². The maximum Gasteiger partial charge on any atom is 0.197 e. The van der Waals surface area contributed by atoms with Crippen LogP contribution in [0.15, 0.2) is 77.4 Å². The highest BCUT2D eigenvalue weighted by Gasteiger charge is 2.46. The second-order valence-electron chi connectivity index (χ2n) is 14.6. The SMILES string of the molecule is O=C1C(=CC2=Cc3sc4c(sc5cc(C=C6C(=O)c7cc8cc(F)c(F)cc8cc7C6=O)sc54)c3C23CCCCC3)C(=O)c2cc3cc(F)c(F)cc3cc21. The second kappa shape index (κ2) is 11.3. The van der Waals surface area contributed by atoms with Crippen LogP contribution in [0.2, 0.25) is 0 Å². The number of thiophene rings is 3. The molecule has 4 nitrogen and oxygen atoms in total. The van der Waals surface area contributed by atoms with Gasteiger partial charge >= 0.3 is 0 Å². The molecular formula is C44H22F4O4S3. The van der Waals surface area contributed by atoms with Gasteiger partial charge in [0.2, 0.25) is 0 Å². The van der Waals surface area contributed by atoms with Crippen molar-refractivity contribution in [2.45, 2.75) is 37.5 Å². The standard InChI is InChI=1S/C44H22F4O4S3/c45-30-10-18-6-24-25(7-19(18)11-31(30)46)38(50)28(37(24)49)14-22-15-34-36(44(22)4-2-1-3-5-44)42-43(54-34)41-35(55-42)17-23(53-41)16-29-39(51)26-8-20-12-32(47)33(48)13-21(20)9-27(26)40(29)52/h6-17H,1-5H2. The van der Waals surface area contributed by atoms with E-state index in [0.717, 1.165) is 90.5 Å². The summed E-state index contributed by atoms with van der Waals surface area (Å²) in [4.78, 5) is 56.2. The third-order valence-electron chi connectivity index (χ3n) is 11.6. The maximum atomic E-state index is 14.0. The van der Waals surface area contributed by atoms with E-state index in [1.807, 2.05) is 6.07 Å². The summed E-state index contributed by atoms with van der Waals surface area (Å²) >= 11 is 4.80. The highest BCUT2D eigenvalue weighted by Crippen LogP contribution is 2.60. The van der Waals surface area contributed by atoms with Crippen LogP contribution in [-0.4, -0.2) is 23.1 Å². The predicted octanol–water partition coefficient (Wildman–Crippen LogP) is 12.1. The van der Waals surface area contributed by atoms with Gasteiger partial charge in [0.05, 0.1) is 25.2 Å². The lowest BCUT2D eigenvalue weighted by molar-refractivity contribution is 0.0974. The molecule has 3 aromatic heterocycles. The van der Waals surface area contributed by atoms with Crippen molar-refractivity contribution in [3.63, 3.8) is 0 Å². The van der Waals surface area contributed by atoms with Crippen molar-refractivity contribution < 1.29 is 36.7 Å². The fourth-order valence-electron chi connectivity index (χ4n) is 9.03. The van der Waals surface area contributed by atoms with Gasteiger partial charge in [0.15, 0.2) is 46.4 Å². The largest absolute Gasteiger partial charge is 0.288 e. The zero-order valence-electron chi connectivity index (χ0n) is 28.3. The van der Waals surface area contributed by atoms with Crippen LogP contribution in [0.25, 0.3) is 52.5 Å². The van der Waals surface area contributed by atoms with E-state index in [4.69, 9.17) is 0 Å². The van der Waals surface area contributed by atoms with Gasteiger partial charge in [0, 0.05) is 42.1 Å². The van der Waals surface area contributed by atoms with Gasteiger partial charge in [0.1, 0.15) is 0 Å². The molecule has 1 saturated carbocycles. The number of carbonyl (C=O) groups excluding carboxylic acids is 4. The van der Waals surface area contributed by atoms with E-state index in [9.17, 15) is 36.7 Å². The lowest BCUT2D eigenvalue weighted by atomic mass is 9.67. The Bertz CT molecular complexity index is 3020. The van der Waals surface area contributed by atoms with Crippen molar-refractivity contribution in [1.82, 2.24) is 0 Å². The van der Waals surface area contributed by atoms with E-state index < -0.39 is 46.4 Å². The minimum Gasteiger partial charge on any atom is -0.288 e. The van der Waals surface area contributed by atoms with E-state index in [0.29, 0.717) is 21.5 Å². The lowest BCUT2D eigenvalue weighted by Crippen LogP contribution is -2.29. The van der Waals surface area contributed by atoms with Crippen LogP contribution in [0.5, 0.6) is 0 Å². The maximum absolute atomic E-state index is 14.0. The fourth-order valence-corrected chi connectivity index (χ4v) is 13.4. The van der Waals surface area contributed by atoms with Crippen molar-refractivity contribution in [3.05, 3.63) is 138 Å². The second-order valence-corrected chi connectivity index (χ2v) is 17.8. The number of hydrogen-bond donors (Lipinski definition) is 0. The van der Waals surface area contributed by atoms with E-state index in [1.165, 1.54) is 41.2 Å². The van der Waals surface area contributed by atoms with Crippen LogP contribution < -0.4 is 0 Å². The van der Waals surface area contributed by atoms with E-state index in [-0.39, 0.29) is 38.8 Å². The highest BCUT2D eigenvalue weighted by molar-refractivity contribution is 7.39. The molecule has 3 heterocycles. The summed E-state index contributed by atoms with van der Waals surface area (Å²) in [6, 6.07) is 11.9. The van der Waals surface area contributed by atoms with Crippen LogP contribution in [-0.2, 0) is 5.41 Å². The molecule has 11 rings (SSSR count). The molecule has 4 aliphatic carbocycles. The smallest absolute Gasteiger partial charge is 0.197 e. The topological polar surface area (TPSA) is 68.3 Å². The van der Waals surface area contributed by atoms with Gasteiger partial charge < -0.3 is 0 Å². The molecule has 0 bridgehead atoms. The molecule has 11 heteroatoms. The molecule has 0 saturated heterocycles. The molecule has 0 unspecified atom stereocenters. The quantitative estimate of drug-likeness (QED) is 0.0994. The summed E-state index contributed by atoms with van der Waals surface area (Å²) in [7, 11) is 0. The zero-order chi connectivity index (χ0) is 37.7. The van der Waals surface area contributed by atoms with Crippen LogP contribution >= 0.6 is 34.0 Å². The number of Topliss-reactive ketones (excluding diaryl/α,β-unsaturated/α-hetero) is 4. The highest BCUT2D eigenvalue weighted by atomic mass is 32.1. The molecule has 7 aromatic rings. The summed E-state index contributed by atoms with van der Waals surface area (Å²) in [6.45, 7) is 0. The minimum absolute atomic E-state index is 0.0115. The Labute approximate surface area is 320 Å². The summed E-state index contributed by atoms with van der Waals surface area (Å²) in [5.41, 5.74) is 2.56. The summed E-state index contributed by atoms with van der Waals surface area (Å²) in [6.07, 6.45) is 10.3. The van der Waals surface area contributed by atoms with Gasteiger partial charge in [-0.05, 0) is 118 Å². The number of carbonyl (C=O) groups is 4. The Kier molecular flexibility index (Phi) is 6.81. The van der Waals surface area contributed by atoms with Crippen molar-refractivity contribution in [3.8, 4) is 0 Å². The molecule has 1 spiro atoms. The fraction of sp³-hybridized carbons (Fsp3) is 0.136. The van der Waals surface area contributed by atoms with E-state index in [1.54, 1.807) is 34.8 Å². The third kappa shape index (κ3) is 4.54. The molecule has 55 heavy (non-hydrogen) atoms. The average molecular weight is 787 g/mol. The van der Waals surface area contributed by atoms with E-state index in [2.05, 4.69) is 6.08 Å². The third-order valence-corrected chi connectivity index (χ3v) is 15.4. The van der Waals surface area contributed by atoms with Gasteiger partial charge in [-0.2, -0.15) is 0 Å². The number of halogens is 4. The first-order valence-electron chi connectivity index (χ1n) is 17.7. The molecule has 0 N–H and O–H groups in total. The zero-order valence-corrected chi connectivity index (χ0v) is 30.8. The minimum atomic E-state index is -1.03. The molecule has 0 aliphatic heterocycles. The number of ketones is 4. The molecular weight excluding hydrogens is 765 g/mol. The molecule has 0 amide bonds. The van der Waals surface area contributed by atoms with Crippen LogP contribution in [0.1, 0.15) is 88.9 Å². The number of fused-ring (bicyclic) bond motifs is 10. The number of benzene rings is 4. The lowest BCUT2D eigenvalue weighted by Gasteiger charge is -2.36. The average Bonchev–Trinajstić information content (AvgIpc) is 3.96. The Morgan fingerprint density at radius 3 is 1.47 bits per heavy atom. The van der Waals surface area contributed by atoms with Crippen molar-refractivity contribution in [1.29, 1.82) is 0 Å². The Hall–Kier alpha value is -5.36. The van der Waals surface area contributed by atoms with Gasteiger partial charge in [-0.3, -0.25) is 19.2 Å². The Morgan fingerprint density at radius 1 is 0.509 bits per heavy atom.